The van der Waals surface area contributed by atoms with Gasteiger partial charge in [0.1, 0.15) is 6.10 Å². The lowest BCUT2D eigenvalue weighted by molar-refractivity contribution is 0.00754. The van der Waals surface area contributed by atoms with Crippen molar-refractivity contribution in [3.05, 3.63) is 0 Å². The van der Waals surface area contributed by atoms with E-state index in [1.165, 1.54) is 57.8 Å². The molecule has 0 radical (unpaired) electrons. The highest BCUT2D eigenvalue weighted by Crippen LogP contribution is 2.37. The summed E-state index contributed by atoms with van der Waals surface area (Å²) in [5.74, 6) is 0.223. The van der Waals surface area contributed by atoms with E-state index in [1.807, 2.05) is 0 Å². The highest BCUT2D eigenvalue weighted by Gasteiger charge is 2.37. The predicted molar refractivity (Wildman–Crippen MR) is 153 cm³/mol. The van der Waals surface area contributed by atoms with Crippen molar-refractivity contribution in [3.63, 3.8) is 0 Å². The van der Waals surface area contributed by atoms with Gasteiger partial charge in [-0.25, -0.2) is 4.79 Å². The molecule has 0 saturated carbocycles. The second-order valence-corrected chi connectivity index (χ2v) is 16.7. The van der Waals surface area contributed by atoms with Crippen molar-refractivity contribution in [2.75, 3.05) is 26.2 Å². The number of hydrogen-bond acceptors (Lipinski definition) is 4. The molecule has 0 amide bonds. The van der Waals surface area contributed by atoms with Crippen molar-refractivity contribution >= 4 is 14.5 Å². The van der Waals surface area contributed by atoms with E-state index in [-0.39, 0.29) is 17.1 Å². The third-order valence-electron chi connectivity index (χ3n) is 8.09. The third-order valence-corrected chi connectivity index (χ3v) is 12.6. The zero-order valence-corrected chi connectivity index (χ0v) is 25.8. The predicted octanol–water partition coefficient (Wildman–Crippen LogP) is 9.12. The molecule has 0 aromatic heterocycles. The molecule has 1 N–H and O–H groups in total. The Labute approximate surface area is 219 Å². The molecule has 0 heterocycles. The molecule has 210 valence electrons. The van der Waals surface area contributed by atoms with Gasteiger partial charge in [0.2, 0.25) is 0 Å². The number of carbonyl (C=O) groups is 1. The number of ether oxygens (including phenoxy) is 1. The van der Waals surface area contributed by atoms with Crippen LogP contribution in [0.2, 0.25) is 18.1 Å². The zero-order chi connectivity index (χ0) is 26.7. The summed E-state index contributed by atoms with van der Waals surface area (Å²) in [6.07, 6.45) is 14.4. The SMILES string of the molecule is CCCCCCCCCCCCC(CCO[Si](C)(C)C(C)(C)C)C(CCN(CC)CC)OC(=O)O. The fourth-order valence-corrected chi connectivity index (χ4v) is 5.52. The second kappa shape index (κ2) is 19.5. The molecule has 0 rings (SSSR count). The molecule has 0 aromatic rings. The van der Waals surface area contributed by atoms with E-state index in [4.69, 9.17) is 9.16 Å². The first kappa shape index (κ1) is 34.4. The monoisotopic (exact) mass is 515 g/mol. The van der Waals surface area contributed by atoms with E-state index in [1.54, 1.807) is 0 Å². The molecule has 0 aliphatic heterocycles. The van der Waals surface area contributed by atoms with Gasteiger partial charge in [-0.3, -0.25) is 0 Å². The number of rotatable bonds is 22. The van der Waals surface area contributed by atoms with Crippen molar-refractivity contribution in [2.45, 2.75) is 149 Å². The van der Waals surface area contributed by atoms with Gasteiger partial charge in [0, 0.05) is 13.2 Å². The molecular formula is C29H61NO4Si. The largest absolute Gasteiger partial charge is 0.506 e. The Balaban J connectivity index is 4.87. The molecule has 2 atom stereocenters. The smallest absolute Gasteiger partial charge is 0.450 e. The molecule has 0 fully saturated rings. The maximum Gasteiger partial charge on any atom is 0.506 e. The van der Waals surface area contributed by atoms with Gasteiger partial charge in [-0.05, 0) is 56.4 Å². The van der Waals surface area contributed by atoms with Gasteiger partial charge in [-0.15, -0.1) is 0 Å². The fraction of sp³-hybridized carbons (Fsp3) is 0.966. The number of unbranched alkanes of at least 4 members (excludes halogenated alkanes) is 9. The summed E-state index contributed by atoms with van der Waals surface area (Å²) in [7, 11) is -1.82. The van der Waals surface area contributed by atoms with E-state index in [0.29, 0.717) is 6.61 Å². The van der Waals surface area contributed by atoms with Gasteiger partial charge in [0.25, 0.3) is 0 Å². The summed E-state index contributed by atoms with van der Waals surface area (Å²) < 4.78 is 12.0. The second-order valence-electron chi connectivity index (χ2n) is 11.9. The minimum absolute atomic E-state index is 0.179. The van der Waals surface area contributed by atoms with Crippen LogP contribution in [-0.4, -0.2) is 56.8 Å². The van der Waals surface area contributed by atoms with Crippen LogP contribution in [0.1, 0.15) is 125 Å². The fourth-order valence-electron chi connectivity index (χ4n) is 4.46. The average Bonchev–Trinajstić information content (AvgIpc) is 2.78. The first-order valence-electron chi connectivity index (χ1n) is 14.7. The first-order chi connectivity index (χ1) is 16.5. The maximum absolute atomic E-state index is 11.5. The summed E-state index contributed by atoms with van der Waals surface area (Å²) in [4.78, 5) is 13.9. The van der Waals surface area contributed by atoms with Gasteiger partial charge < -0.3 is 19.2 Å². The summed E-state index contributed by atoms with van der Waals surface area (Å²) >= 11 is 0. The Bertz CT molecular complexity index is 517. The summed E-state index contributed by atoms with van der Waals surface area (Å²) in [6, 6.07) is 0. The Morgan fingerprint density at radius 2 is 1.34 bits per heavy atom. The van der Waals surface area contributed by atoms with Gasteiger partial charge in [-0.2, -0.15) is 0 Å². The Morgan fingerprint density at radius 1 is 0.829 bits per heavy atom. The number of nitrogens with zero attached hydrogens (tertiary/aromatic N) is 1. The van der Waals surface area contributed by atoms with Crippen LogP contribution in [-0.2, 0) is 9.16 Å². The van der Waals surface area contributed by atoms with Crippen molar-refractivity contribution in [1.82, 2.24) is 4.90 Å². The van der Waals surface area contributed by atoms with Crippen LogP contribution in [0.3, 0.4) is 0 Å². The summed E-state index contributed by atoms with van der Waals surface area (Å²) in [6.45, 7) is 21.5. The summed E-state index contributed by atoms with van der Waals surface area (Å²) in [5, 5.41) is 9.64. The molecule has 2 unspecified atom stereocenters. The van der Waals surface area contributed by atoms with Crippen LogP contribution in [0.4, 0.5) is 4.79 Å². The standard InChI is InChI=1S/C29H61NO4Si/c1-9-12-13-14-15-16-17-18-19-20-21-26(23-25-33-35(7,8)29(4,5)6)27(34-28(31)32)22-24-30(10-2)11-3/h26-27H,9-25H2,1-8H3,(H,31,32). The molecular weight excluding hydrogens is 454 g/mol. The van der Waals surface area contributed by atoms with E-state index >= 15 is 0 Å². The minimum atomic E-state index is -1.82. The van der Waals surface area contributed by atoms with Crippen LogP contribution in [0.5, 0.6) is 0 Å². The lowest BCUT2D eigenvalue weighted by Gasteiger charge is -2.37. The van der Waals surface area contributed by atoms with Crippen LogP contribution >= 0.6 is 0 Å². The molecule has 5 nitrogen and oxygen atoms in total. The normalized spacial score (nSPS) is 14.3. The third kappa shape index (κ3) is 16.7. The highest BCUT2D eigenvalue weighted by molar-refractivity contribution is 6.74. The van der Waals surface area contributed by atoms with Gasteiger partial charge in [-0.1, -0.05) is 106 Å². The molecule has 0 bridgehead atoms. The first-order valence-corrected chi connectivity index (χ1v) is 17.6. The topological polar surface area (TPSA) is 59.0 Å². The van der Waals surface area contributed by atoms with Crippen LogP contribution < -0.4 is 0 Å². The zero-order valence-electron chi connectivity index (χ0n) is 24.8. The molecule has 0 aromatic carbocycles. The number of carboxylic acid groups (broad SMARTS) is 1. The van der Waals surface area contributed by atoms with Crippen molar-refractivity contribution in [3.8, 4) is 0 Å². The molecule has 0 spiro atoms. The highest BCUT2D eigenvalue weighted by atomic mass is 28.4. The van der Waals surface area contributed by atoms with E-state index in [0.717, 1.165) is 45.3 Å². The summed E-state index contributed by atoms with van der Waals surface area (Å²) in [5.41, 5.74) is 0. The lowest BCUT2D eigenvalue weighted by Crippen LogP contribution is -2.41. The maximum atomic E-state index is 11.5. The van der Waals surface area contributed by atoms with Crippen LogP contribution in [0.15, 0.2) is 0 Å². The van der Waals surface area contributed by atoms with Gasteiger partial charge in [0.05, 0.1) is 0 Å². The molecule has 35 heavy (non-hydrogen) atoms. The molecule has 0 saturated heterocycles. The average molecular weight is 516 g/mol. The minimum Gasteiger partial charge on any atom is -0.450 e. The van der Waals surface area contributed by atoms with Crippen molar-refractivity contribution in [1.29, 1.82) is 0 Å². The van der Waals surface area contributed by atoms with Crippen LogP contribution in [0.25, 0.3) is 0 Å². The number of hydrogen-bond donors (Lipinski definition) is 1. The molecule has 6 heteroatoms. The van der Waals surface area contributed by atoms with Gasteiger partial charge >= 0.3 is 6.16 Å². The van der Waals surface area contributed by atoms with Crippen LogP contribution in [0, 0.1) is 5.92 Å². The Kier molecular flexibility index (Phi) is 19.2. The Morgan fingerprint density at radius 3 is 1.80 bits per heavy atom. The van der Waals surface area contributed by atoms with Crippen molar-refractivity contribution < 1.29 is 19.1 Å². The Hall–Kier alpha value is -0.593. The van der Waals surface area contributed by atoms with E-state index in [2.05, 4.69) is 59.5 Å². The quantitative estimate of drug-likeness (QED) is 0.0884. The molecule has 0 aliphatic carbocycles. The van der Waals surface area contributed by atoms with E-state index in [9.17, 15) is 9.90 Å². The molecule has 0 aliphatic rings. The van der Waals surface area contributed by atoms with Crippen molar-refractivity contribution in [2.24, 2.45) is 5.92 Å². The lowest BCUT2D eigenvalue weighted by atomic mass is 9.90. The van der Waals surface area contributed by atoms with E-state index < -0.39 is 14.5 Å². The van der Waals surface area contributed by atoms with Gasteiger partial charge in [0.15, 0.2) is 8.32 Å².